The van der Waals surface area contributed by atoms with Gasteiger partial charge in [0, 0.05) is 18.1 Å². The quantitative estimate of drug-likeness (QED) is 0.791. The number of benzene rings is 2. The van der Waals surface area contributed by atoms with E-state index >= 15 is 0 Å². The lowest BCUT2D eigenvalue weighted by Crippen LogP contribution is -2.35. The maximum atomic E-state index is 5.95. The molecule has 0 spiro atoms. The first-order valence-corrected chi connectivity index (χ1v) is 7.85. The molecule has 0 amide bonds. The second-order valence-corrected chi connectivity index (χ2v) is 5.68. The SMILES string of the molecule is COc1ccc(CCNC(=S)NCc2cccc(Cl)c2)cc1. The molecule has 0 aromatic heterocycles. The van der Waals surface area contributed by atoms with Crippen molar-refractivity contribution < 1.29 is 4.74 Å². The summed E-state index contributed by atoms with van der Waals surface area (Å²) in [4.78, 5) is 0. The van der Waals surface area contributed by atoms with Crippen molar-refractivity contribution in [3.63, 3.8) is 0 Å². The fourth-order valence-corrected chi connectivity index (χ4v) is 2.39. The molecule has 0 atom stereocenters. The lowest BCUT2D eigenvalue weighted by Gasteiger charge is -2.11. The standard InChI is InChI=1S/C17H19ClN2OS/c1-21-16-7-5-13(6-8-16)9-10-19-17(22)20-12-14-3-2-4-15(18)11-14/h2-8,11H,9-10,12H2,1H3,(H2,19,20,22). The van der Waals surface area contributed by atoms with Crippen molar-refractivity contribution in [2.75, 3.05) is 13.7 Å². The van der Waals surface area contributed by atoms with E-state index in [1.165, 1.54) is 5.56 Å². The summed E-state index contributed by atoms with van der Waals surface area (Å²) in [6, 6.07) is 15.8. The van der Waals surface area contributed by atoms with E-state index in [9.17, 15) is 0 Å². The lowest BCUT2D eigenvalue weighted by molar-refractivity contribution is 0.414. The van der Waals surface area contributed by atoms with Crippen molar-refractivity contribution in [2.45, 2.75) is 13.0 Å². The number of rotatable bonds is 6. The monoisotopic (exact) mass is 334 g/mol. The Morgan fingerprint density at radius 3 is 2.55 bits per heavy atom. The minimum absolute atomic E-state index is 0.647. The molecule has 2 aromatic carbocycles. The highest BCUT2D eigenvalue weighted by Gasteiger charge is 1.99. The van der Waals surface area contributed by atoms with Gasteiger partial charge >= 0.3 is 0 Å². The maximum Gasteiger partial charge on any atom is 0.166 e. The third kappa shape index (κ3) is 5.54. The summed E-state index contributed by atoms with van der Waals surface area (Å²) in [6.07, 6.45) is 0.906. The summed E-state index contributed by atoms with van der Waals surface area (Å²) >= 11 is 11.2. The Balaban J connectivity index is 1.69. The normalized spacial score (nSPS) is 10.1. The van der Waals surface area contributed by atoms with Crippen molar-refractivity contribution >= 4 is 28.9 Å². The van der Waals surface area contributed by atoms with Crippen LogP contribution in [-0.2, 0) is 13.0 Å². The van der Waals surface area contributed by atoms with Gasteiger partial charge in [0.2, 0.25) is 0 Å². The smallest absolute Gasteiger partial charge is 0.166 e. The van der Waals surface area contributed by atoms with E-state index in [4.69, 9.17) is 28.6 Å². The first-order valence-electron chi connectivity index (χ1n) is 7.06. The van der Waals surface area contributed by atoms with Crippen LogP contribution in [0, 0.1) is 0 Å². The molecule has 22 heavy (non-hydrogen) atoms. The van der Waals surface area contributed by atoms with Gasteiger partial charge in [-0.15, -0.1) is 0 Å². The van der Waals surface area contributed by atoms with Crippen LogP contribution in [0.4, 0.5) is 0 Å². The van der Waals surface area contributed by atoms with E-state index in [1.807, 2.05) is 36.4 Å². The van der Waals surface area contributed by atoms with Gasteiger partial charge < -0.3 is 15.4 Å². The summed E-state index contributed by atoms with van der Waals surface area (Å²) in [5, 5.41) is 7.75. The molecular formula is C17H19ClN2OS. The fourth-order valence-electron chi connectivity index (χ4n) is 2.00. The van der Waals surface area contributed by atoms with Crippen LogP contribution in [-0.4, -0.2) is 18.8 Å². The van der Waals surface area contributed by atoms with Crippen molar-refractivity contribution in [3.8, 4) is 5.75 Å². The van der Waals surface area contributed by atoms with Crippen LogP contribution in [0.25, 0.3) is 0 Å². The highest BCUT2D eigenvalue weighted by Crippen LogP contribution is 2.11. The number of ether oxygens (including phenoxy) is 1. The number of methoxy groups -OCH3 is 1. The molecule has 5 heteroatoms. The van der Waals surface area contributed by atoms with Crippen molar-refractivity contribution in [3.05, 3.63) is 64.7 Å². The predicted octanol–water partition coefficient (Wildman–Crippen LogP) is 3.56. The van der Waals surface area contributed by atoms with Gasteiger partial charge in [0.25, 0.3) is 0 Å². The Labute approximate surface area is 141 Å². The minimum atomic E-state index is 0.647. The van der Waals surface area contributed by atoms with Crippen LogP contribution in [0.3, 0.4) is 0 Å². The number of hydrogen-bond donors (Lipinski definition) is 2. The number of hydrogen-bond acceptors (Lipinski definition) is 2. The number of nitrogens with one attached hydrogen (secondary N) is 2. The molecular weight excluding hydrogens is 316 g/mol. The average molecular weight is 335 g/mol. The van der Waals surface area contributed by atoms with Gasteiger partial charge in [-0.3, -0.25) is 0 Å². The van der Waals surface area contributed by atoms with Gasteiger partial charge in [0.15, 0.2) is 5.11 Å². The summed E-state index contributed by atoms with van der Waals surface area (Å²) in [6.45, 7) is 1.45. The Kier molecular flexibility index (Phi) is 6.49. The zero-order chi connectivity index (χ0) is 15.8. The molecule has 0 bridgehead atoms. The molecule has 2 rings (SSSR count). The second kappa shape index (κ2) is 8.61. The molecule has 0 aliphatic rings. The van der Waals surface area contributed by atoms with Gasteiger partial charge in [-0.05, 0) is 54.0 Å². The van der Waals surface area contributed by atoms with Crippen LogP contribution in [0.15, 0.2) is 48.5 Å². The minimum Gasteiger partial charge on any atom is -0.497 e. The first-order chi connectivity index (χ1) is 10.7. The zero-order valence-corrected chi connectivity index (χ0v) is 14.0. The Bertz CT molecular complexity index is 616. The third-order valence-corrected chi connectivity index (χ3v) is 3.72. The van der Waals surface area contributed by atoms with Gasteiger partial charge in [0.05, 0.1) is 7.11 Å². The van der Waals surface area contributed by atoms with Crippen molar-refractivity contribution in [1.29, 1.82) is 0 Å². The van der Waals surface area contributed by atoms with E-state index in [0.29, 0.717) is 11.7 Å². The van der Waals surface area contributed by atoms with Crippen LogP contribution >= 0.6 is 23.8 Å². The van der Waals surface area contributed by atoms with Crippen LogP contribution in [0.2, 0.25) is 5.02 Å². The van der Waals surface area contributed by atoms with Gasteiger partial charge in [0.1, 0.15) is 5.75 Å². The molecule has 116 valence electrons. The van der Waals surface area contributed by atoms with E-state index in [2.05, 4.69) is 22.8 Å². The molecule has 0 saturated heterocycles. The zero-order valence-electron chi connectivity index (χ0n) is 12.4. The summed E-state index contributed by atoms with van der Waals surface area (Å²) in [7, 11) is 1.67. The number of thiocarbonyl (C=S) groups is 1. The van der Waals surface area contributed by atoms with E-state index in [-0.39, 0.29) is 0 Å². The molecule has 2 N–H and O–H groups in total. The molecule has 3 nitrogen and oxygen atoms in total. The Hall–Kier alpha value is -1.78. The summed E-state index contributed by atoms with van der Waals surface area (Å²) in [5.41, 5.74) is 2.35. The van der Waals surface area contributed by atoms with Gasteiger partial charge in [-0.2, -0.15) is 0 Å². The van der Waals surface area contributed by atoms with E-state index in [0.717, 1.165) is 29.3 Å². The molecule has 0 aliphatic carbocycles. The molecule has 0 heterocycles. The highest BCUT2D eigenvalue weighted by atomic mass is 35.5. The second-order valence-electron chi connectivity index (χ2n) is 4.84. The van der Waals surface area contributed by atoms with E-state index < -0.39 is 0 Å². The van der Waals surface area contributed by atoms with Crippen LogP contribution in [0.1, 0.15) is 11.1 Å². The molecule has 0 aliphatic heterocycles. The fraction of sp³-hybridized carbons (Fsp3) is 0.235. The molecule has 0 unspecified atom stereocenters. The molecule has 2 aromatic rings. The van der Waals surface area contributed by atoms with Gasteiger partial charge in [-0.1, -0.05) is 35.9 Å². The average Bonchev–Trinajstić information content (AvgIpc) is 2.54. The third-order valence-electron chi connectivity index (χ3n) is 3.20. The molecule has 0 fully saturated rings. The Morgan fingerprint density at radius 2 is 1.86 bits per heavy atom. The van der Waals surface area contributed by atoms with E-state index in [1.54, 1.807) is 7.11 Å². The molecule has 0 saturated carbocycles. The van der Waals surface area contributed by atoms with Crippen molar-refractivity contribution in [1.82, 2.24) is 10.6 Å². The van der Waals surface area contributed by atoms with Crippen LogP contribution < -0.4 is 15.4 Å². The Morgan fingerprint density at radius 1 is 1.09 bits per heavy atom. The maximum absolute atomic E-state index is 5.95. The lowest BCUT2D eigenvalue weighted by atomic mass is 10.1. The van der Waals surface area contributed by atoms with Crippen molar-refractivity contribution in [2.24, 2.45) is 0 Å². The molecule has 0 radical (unpaired) electrons. The van der Waals surface area contributed by atoms with Crippen LogP contribution in [0.5, 0.6) is 5.75 Å². The largest absolute Gasteiger partial charge is 0.497 e. The number of halogens is 1. The topological polar surface area (TPSA) is 33.3 Å². The van der Waals surface area contributed by atoms with Gasteiger partial charge in [-0.25, -0.2) is 0 Å². The summed E-state index contributed by atoms with van der Waals surface area (Å²) in [5.74, 6) is 0.871. The summed E-state index contributed by atoms with van der Waals surface area (Å²) < 4.78 is 5.14. The predicted molar refractivity (Wildman–Crippen MR) is 95.6 cm³/mol. The first kappa shape index (κ1) is 16.6. The highest BCUT2D eigenvalue weighted by molar-refractivity contribution is 7.80.